The minimum absolute atomic E-state index is 0.0620. The second-order valence-electron chi connectivity index (χ2n) is 2.09. The first-order valence-electron chi connectivity index (χ1n) is 3.03. The average Bonchev–Trinajstić information content (AvgIpc) is 2.53. The molecule has 2 aromatic heterocycles. The zero-order chi connectivity index (χ0) is 7.84. The molecule has 5 heteroatoms. The lowest BCUT2D eigenvalue weighted by Crippen LogP contribution is -1.81. The lowest BCUT2D eigenvalue weighted by molar-refractivity contribution is 0.285. The van der Waals surface area contributed by atoms with E-state index in [1.165, 1.54) is 15.7 Å². The van der Waals surface area contributed by atoms with E-state index in [1.54, 1.807) is 6.20 Å². The zero-order valence-corrected chi connectivity index (χ0v) is 6.31. The second-order valence-corrected chi connectivity index (χ2v) is 3.18. The third kappa shape index (κ3) is 0.928. The SMILES string of the molecule is OCc1cn2c(F)cnc2s1. The molecule has 0 amide bonds. The lowest BCUT2D eigenvalue weighted by atomic mass is 10.6. The predicted octanol–water partition coefficient (Wildman–Crippen LogP) is 1.03. The van der Waals surface area contributed by atoms with Crippen molar-refractivity contribution < 1.29 is 9.50 Å². The van der Waals surface area contributed by atoms with Crippen molar-refractivity contribution >= 4 is 16.3 Å². The van der Waals surface area contributed by atoms with Crippen molar-refractivity contribution in [1.29, 1.82) is 0 Å². The van der Waals surface area contributed by atoms with Gasteiger partial charge in [0.1, 0.15) is 0 Å². The molecule has 58 valence electrons. The van der Waals surface area contributed by atoms with Crippen molar-refractivity contribution in [2.45, 2.75) is 6.61 Å². The Balaban J connectivity index is 2.70. The van der Waals surface area contributed by atoms with Gasteiger partial charge in [0.15, 0.2) is 4.96 Å². The van der Waals surface area contributed by atoms with Gasteiger partial charge in [0, 0.05) is 6.20 Å². The van der Waals surface area contributed by atoms with E-state index in [4.69, 9.17) is 5.11 Å². The third-order valence-electron chi connectivity index (χ3n) is 1.37. The van der Waals surface area contributed by atoms with Gasteiger partial charge >= 0.3 is 0 Å². The second kappa shape index (κ2) is 2.28. The van der Waals surface area contributed by atoms with Crippen molar-refractivity contribution in [3.8, 4) is 0 Å². The van der Waals surface area contributed by atoms with E-state index in [2.05, 4.69) is 4.98 Å². The molecule has 2 aromatic rings. The Hall–Kier alpha value is -0.940. The van der Waals surface area contributed by atoms with Crippen LogP contribution in [-0.2, 0) is 6.61 Å². The van der Waals surface area contributed by atoms with Crippen LogP contribution < -0.4 is 0 Å². The normalized spacial score (nSPS) is 11.1. The average molecular weight is 172 g/mol. The summed E-state index contributed by atoms with van der Waals surface area (Å²) in [6.45, 7) is -0.0620. The topological polar surface area (TPSA) is 37.5 Å². The highest BCUT2D eigenvalue weighted by molar-refractivity contribution is 7.17. The van der Waals surface area contributed by atoms with Gasteiger partial charge in [-0.2, -0.15) is 4.39 Å². The van der Waals surface area contributed by atoms with E-state index in [0.717, 1.165) is 6.20 Å². The van der Waals surface area contributed by atoms with Gasteiger partial charge in [-0.1, -0.05) is 11.3 Å². The minimum atomic E-state index is -0.393. The van der Waals surface area contributed by atoms with E-state index < -0.39 is 5.95 Å². The van der Waals surface area contributed by atoms with Gasteiger partial charge in [-0.25, -0.2) is 4.98 Å². The number of hydrogen-bond donors (Lipinski definition) is 1. The number of aromatic nitrogens is 2. The summed E-state index contributed by atoms with van der Waals surface area (Å²) in [5, 5.41) is 8.69. The van der Waals surface area contributed by atoms with Crippen molar-refractivity contribution in [3.05, 3.63) is 23.2 Å². The van der Waals surface area contributed by atoms with Gasteiger partial charge in [-0.05, 0) is 0 Å². The predicted molar refractivity (Wildman–Crippen MR) is 38.9 cm³/mol. The summed E-state index contributed by atoms with van der Waals surface area (Å²) in [6, 6.07) is 0. The number of nitrogens with zero attached hydrogens (tertiary/aromatic N) is 2. The van der Waals surface area contributed by atoms with Crippen molar-refractivity contribution in [2.24, 2.45) is 0 Å². The van der Waals surface area contributed by atoms with Crippen LogP contribution in [0.5, 0.6) is 0 Å². The van der Waals surface area contributed by atoms with Crippen LogP contribution in [0.3, 0.4) is 0 Å². The minimum Gasteiger partial charge on any atom is -0.391 e. The number of aliphatic hydroxyl groups is 1. The first-order chi connectivity index (χ1) is 5.31. The first kappa shape index (κ1) is 6.75. The van der Waals surface area contributed by atoms with Gasteiger partial charge < -0.3 is 5.11 Å². The molecule has 0 saturated heterocycles. The highest BCUT2D eigenvalue weighted by Crippen LogP contribution is 2.17. The number of fused-ring (bicyclic) bond motifs is 1. The number of hydrogen-bond acceptors (Lipinski definition) is 3. The Bertz CT molecular complexity index is 381. The van der Waals surface area contributed by atoms with Gasteiger partial charge in [0.25, 0.3) is 0 Å². The monoisotopic (exact) mass is 172 g/mol. The Morgan fingerprint density at radius 1 is 1.73 bits per heavy atom. The smallest absolute Gasteiger partial charge is 0.218 e. The Morgan fingerprint density at radius 2 is 2.55 bits per heavy atom. The fourth-order valence-electron chi connectivity index (χ4n) is 0.877. The summed E-state index contributed by atoms with van der Waals surface area (Å²) in [6.07, 6.45) is 2.70. The van der Waals surface area contributed by atoms with E-state index in [-0.39, 0.29) is 6.61 Å². The van der Waals surface area contributed by atoms with Crippen LogP contribution in [0.4, 0.5) is 4.39 Å². The van der Waals surface area contributed by atoms with E-state index in [9.17, 15) is 4.39 Å². The Kier molecular flexibility index (Phi) is 1.40. The first-order valence-corrected chi connectivity index (χ1v) is 3.85. The number of thiazole rings is 1. The summed E-state index contributed by atoms with van der Waals surface area (Å²) in [5.41, 5.74) is 0. The largest absolute Gasteiger partial charge is 0.391 e. The molecule has 0 aromatic carbocycles. The fraction of sp³-hybridized carbons (Fsp3) is 0.167. The molecule has 2 heterocycles. The summed E-state index contributed by atoms with van der Waals surface area (Å²) in [7, 11) is 0. The number of imidazole rings is 1. The molecule has 11 heavy (non-hydrogen) atoms. The van der Waals surface area contributed by atoms with Crippen LogP contribution in [0.25, 0.3) is 4.96 Å². The Morgan fingerprint density at radius 3 is 3.18 bits per heavy atom. The maximum atomic E-state index is 12.7. The van der Waals surface area contributed by atoms with Crippen LogP contribution >= 0.6 is 11.3 Å². The molecule has 0 saturated carbocycles. The van der Waals surface area contributed by atoms with Crippen molar-refractivity contribution in [3.63, 3.8) is 0 Å². The van der Waals surface area contributed by atoms with Crippen LogP contribution in [0.1, 0.15) is 4.88 Å². The van der Waals surface area contributed by atoms with Crippen LogP contribution in [0, 0.1) is 5.95 Å². The van der Waals surface area contributed by atoms with E-state index in [1.807, 2.05) is 0 Å². The highest BCUT2D eigenvalue weighted by Gasteiger charge is 2.05. The summed E-state index contributed by atoms with van der Waals surface area (Å²) >= 11 is 1.28. The number of halogens is 1. The molecular weight excluding hydrogens is 167 g/mol. The molecule has 0 bridgehead atoms. The summed E-state index contributed by atoms with van der Waals surface area (Å²) in [4.78, 5) is 5.07. The molecule has 0 spiro atoms. The molecule has 0 aliphatic carbocycles. The molecule has 0 fully saturated rings. The standard InChI is InChI=1S/C6H5FN2OS/c7-5-1-8-6-9(5)2-4(3-10)11-6/h1-2,10H,3H2. The fourth-order valence-corrected chi connectivity index (χ4v) is 1.68. The van der Waals surface area contributed by atoms with Crippen molar-refractivity contribution in [2.75, 3.05) is 0 Å². The molecule has 0 atom stereocenters. The van der Waals surface area contributed by atoms with Gasteiger partial charge in [-0.15, -0.1) is 0 Å². The van der Waals surface area contributed by atoms with Gasteiger partial charge in [0.05, 0.1) is 17.7 Å². The zero-order valence-electron chi connectivity index (χ0n) is 5.49. The number of aliphatic hydroxyl groups excluding tert-OH is 1. The third-order valence-corrected chi connectivity index (χ3v) is 2.35. The maximum absolute atomic E-state index is 12.7. The maximum Gasteiger partial charge on any atom is 0.218 e. The highest BCUT2D eigenvalue weighted by atomic mass is 32.1. The molecule has 0 radical (unpaired) electrons. The molecule has 1 N–H and O–H groups in total. The Labute approximate surface area is 65.7 Å². The van der Waals surface area contributed by atoms with Crippen molar-refractivity contribution in [1.82, 2.24) is 9.38 Å². The summed E-state index contributed by atoms with van der Waals surface area (Å²) in [5.74, 6) is -0.393. The van der Waals surface area contributed by atoms with Gasteiger partial charge in [-0.3, -0.25) is 4.40 Å². The van der Waals surface area contributed by atoms with Crippen LogP contribution in [-0.4, -0.2) is 14.5 Å². The van der Waals surface area contributed by atoms with Crippen LogP contribution in [0.2, 0.25) is 0 Å². The number of rotatable bonds is 1. The lowest BCUT2D eigenvalue weighted by Gasteiger charge is -1.81. The van der Waals surface area contributed by atoms with Gasteiger partial charge in [0.2, 0.25) is 5.95 Å². The molecule has 2 rings (SSSR count). The summed E-state index contributed by atoms with van der Waals surface area (Å²) < 4.78 is 14.0. The van der Waals surface area contributed by atoms with Crippen LogP contribution in [0.15, 0.2) is 12.4 Å². The molecule has 0 aliphatic rings. The quantitative estimate of drug-likeness (QED) is 0.697. The molecule has 3 nitrogen and oxygen atoms in total. The van der Waals surface area contributed by atoms with E-state index in [0.29, 0.717) is 9.84 Å². The molecule has 0 unspecified atom stereocenters. The molecular formula is C6H5FN2OS. The molecule has 0 aliphatic heterocycles. The van der Waals surface area contributed by atoms with E-state index >= 15 is 0 Å².